The Kier molecular flexibility index (Phi) is 6.82. The molecule has 2 aromatic carbocycles. The Morgan fingerprint density at radius 3 is 1.62 bits per heavy atom. The van der Waals surface area contributed by atoms with Crippen LogP contribution in [0.2, 0.25) is 0 Å². The minimum absolute atomic E-state index is 0.112. The van der Waals surface area contributed by atoms with E-state index in [0.29, 0.717) is 0 Å². The molecule has 0 unspecified atom stereocenters. The topological polar surface area (TPSA) is 35.5 Å². The first-order chi connectivity index (χ1) is 11.5. The largest absolute Gasteiger partial charge is 0.497 e. The van der Waals surface area contributed by atoms with Gasteiger partial charge in [-0.15, -0.1) is 0 Å². The molecule has 0 spiro atoms. The number of allylic oxidation sites excluding steroid dienone is 2. The third kappa shape index (κ3) is 5.08. The second kappa shape index (κ2) is 8.85. The molecular weight excluding hydrogens is 436 g/mol. The molecule has 2 aromatic rings. The van der Waals surface area contributed by atoms with Crippen molar-refractivity contribution < 1.29 is 14.3 Å². The number of carbonyl (C=O) groups excluding carboxylic acids is 1. The fourth-order valence-corrected chi connectivity index (χ4v) is 2.71. The van der Waals surface area contributed by atoms with Gasteiger partial charge in [-0.2, -0.15) is 0 Å². The highest BCUT2D eigenvalue weighted by Gasteiger charge is 2.01. The quantitative estimate of drug-likeness (QED) is 0.542. The van der Waals surface area contributed by atoms with E-state index >= 15 is 0 Å². The molecule has 124 valence electrons. The zero-order chi connectivity index (χ0) is 17.5. The number of ether oxygens (including phenoxy) is 2. The number of halogens is 2. The zero-order valence-electron chi connectivity index (χ0n) is 13.3. The van der Waals surface area contributed by atoms with Crippen LogP contribution in [-0.2, 0) is 4.79 Å². The minimum Gasteiger partial charge on any atom is -0.497 e. The van der Waals surface area contributed by atoms with E-state index in [2.05, 4.69) is 31.9 Å². The van der Waals surface area contributed by atoms with Gasteiger partial charge in [0.05, 0.1) is 14.2 Å². The van der Waals surface area contributed by atoms with Crippen molar-refractivity contribution in [3.63, 3.8) is 0 Å². The number of hydrogen-bond acceptors (Lipinski definition) is 3. The van der Waals surface area contributed by atoms with E-state index in [-0.39, 0.29) is 5.78 Å². The highest BCUT2D eigenvalue weighted by molar-refractivity contribution is 9.10. The molecule has 24 heavy (non-hydrogen) atoms. The maximum absolute atomic E-state index is 12.1. The molecule has 0 amide bonds. The third-order valence-corrected chi connectivity index (χ3v) is 4.70. The lowest BCUT2D eigenvalue weighted by Gasteiger charge is -2.03. The number of hydrogen-bond donors (Lipinski definition) is 0. The van der Waals surface area contributed by atoms with Crippen LogP contribution in [0.15, 0.2) is 57.5 Å². The fourth-order valence-electron chi connectivity index (χ4n) is 1.95. The summed E-state index contributed by atoms with van der Waals surface area (Å²) in [5.41, 5.74) is 1.75. The van der Waals surface area contributed by atoms with Crippen LogP contribution in [0.5, 0.6) is 11.5 Å². The van der Waals surface area contributed by atoms with Crippen molar-refractivity contribution in [3.05, 3.63) is 68.6 Å². The second-order valence-electron chi connectivity index (χ2n) is 4.84. The van der Waals surface area contributed by atoms with Gasteiger partial charge in [0.25, 0.3) is 0 Å². The van der Waals surface area contributed by atoms with Gasteiger partial charge < -0.3 is 9.47 Å². The lowest BCUT2D eigenvalue weighted by Crippen LogP contribution is -1.88. The average Bonchev–Trinajstić information content (AvgIpc) is 2.60. The van der Waals surface area contributed by atoms with Crippen molar-refractivity contribution in [2.24, 2.45) is 0 Å². The molecule has 5 heteroatoms. The van der Waals surface area contributed by atoms with Crippen LogP contribution < -0.4 is 9.47 Å². The highest BCUT2D eigenvalue weighted by Crippen LogP contribution is 2.25. The summed E-state index contributed by atoms with van der Waals surface area (Å²) in [7, 11) is 3.22. The van der Waals surface area contributed by atoms with E-state index < -0.39 is 0 Å². The van der Waals surface area contributed by atoms with Gasteiger partial charge >= 0.3 is 0 Å². The Bertz CT molecular complexity index is 730. The van der Waals surface area contributed by atoms with Crippen molar-refractivity contribution in [2.45, 2.75) is 0 Å². The first-order valence-corrected chi connectivity index (χ1v) is 8.69. The lowest BCUT2D eigenvalue weighted by atomic mass is 10.1. The highest BCUT2D eigenvalue weighted by atomic mass is 79.9. The molecule has 0 heterocycles. The molecule has 2 rings (SSSR count). The van der Waals surface area contributed by atoms with E-state index in [9.17, 15) is 4.79 Å². The number of methoxy groups -OCH3 is 2. The maximum atomic E-state index is 12.1. The molecule has 0 saturated heterocycles. The van der Waals surface area contributed by atoms with Crippen molar-refractivity contribution in [2.75, 3.05) is 14.2 Å². The Morgan fingerprint density at radius 2 is 1.25 bits per heavy atom. The van der Waals surface area contributed by atoms with Crippen LogP contribution >= 0.6 is 31.9 Å². The molecule has 0 N–H and O–H groups in total. The first-order valence-electron chi connectivity index (χ1n) is 7.10. The normalized spacial score (nSPS) is 11.2. The molecule has 0 aliphatic rings. The number of ketones is 1. The van der Waals surface area contributed by atoms with E-state index in [0.717, 1.165) is 31.6 Å². The van der Waals surface area contributed by atoms with Crippen LogP contribution in [0.3, 0.4) is 0 Å². The van der Waals surface area contributed by atoms with E-state index in [1.807, 2.05) is 36.4 Å². The van der Waals surface area contributed by atoms with Gasteiger partial charge in [-0.05, 0) is 71.8 Å². The summed E-state index contributed by atoms with van der Waals surface area (Å²) in [4.78, 5) is 12.1. The molecule has 0 aliphatic heterocycles. The summed E-state index contributed by atoms with van der Waals surface area (Å²) in [6.07, 6.45) is 6.54. The van der Waals surface area contributed by atoms with Gasteiger partial charge in [0.15, 0.2) is 5.78 Å². The van der Waals surface area contributed by atoms with Gasteiger partial charge in [-0.3, -0.25) is 4.79 Å². The third-order valence-electron chi connectivity index (χ3n) is 3.26. The summed E-state index contributed by atoms with van der Waals surface area (Å²) >= 11 is 6.91. The monoisotopic (exact) mass is 450 g/mol. The molecule has 0 atom stereocenters. The molecule has 0 aliphatic carbocycles. The van der Waals surface area contributed by atoms with Crippen LogP contribution in [0.25, 0.3) is 12.2 Å². The molecule has 0 aromatic heterocycles. The van der Waals surface area contributed by atoms with Crippen LogP contribution in [0.4, 0.5) is 0 Å². The van der Waals surface area contributed by atoms with E-state index in [1.165, 1.54) is 12.2 Å². The number of carbonyl (C=O) groups is 1. The minimum atomic E-state index is -0.112. The molecule has 0 saturated carbocycles. The summed E-state index contributed by atoms with van der Waals surface area (Å²) in [5, 5.41) is 0. The van der Waals surface area contributed by atoms with Crippen molar-refractivity contribution in [1.29, 1.82) is 0 Å². The van der Waals surface area contributed by atoms with Crippen molar-refractivity contribution in [3.8, 4) is 11.5 Å². The van der Waals surface area contributed by atoms with Crippen molar-refractivity contribution >= 4 is 49.8 Å². The Morgan fingerprint density at radius 1 is 0.833 bits per heavy atom. The lowest BCUT2D eigenvalue weighted by molar-refractivity contribution is -0.110. The predicted molar refractivity (Wildman–Crippen MR) is 104 cm³/mol. The van der Waals surface area contributed by atoms with Crippen LogP contribution in [0, 0.1) is 0 Å². The van der Waals surface area contributed by atoms with Gasteiger partial charge in [-0.1, -0.05) is 31.9 Å². The Hall–Kier alpha value is -1.85. The number of rotatable bonds is 6. The maximum Gasteiger partial charge on any atom is 0.178 e. The molecule has 0 bridgehead atoms. The van der Waals surface area contributed by atoms with Gasteiger partial charge in [0, 0.05) is 8.95 Å². The number of benzene rings is 2. The van der Waals surface area contributed by atoms with Crippen LogP contribution in [0.1, 0.15) is 11.1 Å². The predicted octanol–water partition coefficient (Wildman–Crippen LogP) is 5.52. The molecular formula is C19H16Br2O3. The van der Waals surface area contributed by atoms with Crippen molar-refractivity contribution in [1.82, 2.24) is 0 Å². The summed E-state index contributed by atoms with van der Waals surface area (Å²) in [6, 6.07) is 11.2. The Labute approximate surface area is 158 Å². The fraction of sp³-hybridized carbons (Fsp3) is 0.105. The smallest absolute Gasteiger partial charge is 0.178 e. The summed E-state index contributed by atoms with van der Waals surface area (Å²) in [6.45, 7) is 0. The molecule has 3 nitrogen and oxygen atoms in total. The van der Waals surface area contributed by atoms with Gasteiger partial charge in [0.1, 0.15) is 11.5 Å². The summed E-state index contributed by atoms with van der Waals surface area (Å²) in [5.74, 6) is 1.36. The van der Waals surface area contributed by atoms with Crippen LogP contribution in [-0.4, -0.2) is 20.0 Å². The molecule has 0 fully saturated rings. The van der Waals surface area contributed by atoms with E-state index in [1.54, 1.807) is 26.4 Å². The van der Waals surface area contributed by atoms with E-state index in [4.69, 9.17) is 9.47 Å². The SMILES string of the molecule is COc1ccc(Br)c(/C=C/C(=O)/C=C/c2cc(OC)ccc2Br)c1. The standard InChI is InChI=1S/C19H16Br2O3/c1-23-16-7-9-18(20)13(11-16)3-5-15(22)6-4-14-12-17(24-2)8-10-19(14)21/h3-12H,1-2H3/b5-3+,6-4+. The zero-order valence-corrected chi connectivity index (χ0v) is 16.4. The first kappa shape index (κ1) is 18.5. The molecule has 0 radical (unpaired) electrons. The average molecular weight is 452 g/mol. The Balaban J connectivity index is 2.13. The second-order valence-corrected chi connectivity index (χ2v) is 6.55. The van der Waals surface area contributed by atoms with Gasteiger partial charge in [-0.25, -0.2) is 0 Å². The van der Waals surface area contributed by atoms with Gasteiger partial charge in [0.2, 0.25) is 0 Å². The summed E-state index contributed by atoms with van der Waals surface area (Å²) < 4.78 is 12.2.